The van der Waals surface area contributed by atoms with E-state index in [1.165, 1.54) is 0 Å². The first-order chi connectivity index (χ1) is 12.4. The third kappa shape index (κ3) is 2.44. The van der Waals surface area contributed by atoms with Gasteiger partial charge in [-0.15, -0.1) is 0 Å². The molecule has 0 fully saturated rings. The number of fused-ring (bicyclic) bond motifs is 5. The minimum absolute atomic E-state index is 0.167. The number of nitrogens with zero attached hydrogens (tertiary/aromatic N) is 2. The molecular weight excluding hydrogens is 343 g/mol. The highest BCUT2D eigenvalue weighted by atomic mass is 19.4. The van der Waals surface area contributed by atoms with Crippen molar-refractivity contribution < 1.29 is 13.2 Å². The fourth-order valence-corrected chi connectivity index (χ4v) is 3.70. The van der Waals surface area contributed by atoms with Crippen molar-refractivity contribution in [2.45, 2.75) is 31.9 Å². The molecule has 1 aromatic carbocycles. The van der Waals surface area contributed by atoms with Gasteiger partial charge in [-0.05, 0) is 48.9 Å². The second-order valence-electron chi connectivity index (χ2n) is 6.37. The number of hydrogen-bond donors (Lipinski definition) is 3. The second kappa shape index (κ2) is 5.82. The van der Waals surface area contributed by atoms with Crippen molar-refractivity contribution >= 4 is 33.1 Å². The number of aromatic nitrogens is 3. The zero-order valence-corrected chi connectivity index (χ0v) is 13.7. The van der Waals surface area contributed by atoms with Crippen molar-refractivity contribution in [1.82, 2.24) is 15.2 Å². The molecule has 0 aliphatic heterocycles. The average molecular weight is 359 g/mol. The van der Waals surface area contributed by atoms with Crippen molar-refractivity contribution in [2.75, 3.05) is 0 Å². The summed E-state index contributed by atoms with van der Waals surface area (Å²) in [7, 11) is 0. The molecular formula is C18H16F3N5. The molecule has 8 heteroatoms. The Hall–Kier alpha value is -2.90. The van der Waals surface area contributed by atoms with E-state index in [0.717, 1.165) is 52.9 Å². The maximum absolute atomic E-state index is 13.1. The molecule has 0 saturated carbocycles. The highest BCUT2D eigenvalue weighted by Crippen LogP contribution is 2.37. The standard InChI is InChI=1S/C18H16F3N5/c19-18(20,21)17(23)11(7-22)16-10-4-2-1-3-9(10)15-12-8-24-26-13(12)5-6-14(15)25-16/h5-8,23H,1-4,22H2,(H,24,26)/b11-7-,23-17?. The number of benzene rings is 1. The van der Waals surface area contributed by atoms with E-state index in [1.54, 1.807) is 18.3 Å². The van der Waals surface area contributed by atoms with Crippen LogP contribution in [0.2, 0.25) is 0 Å². The summed E-state index contributed by atoms with van der Waals surface area (Å²) in [4.78, 5) is 4.49. The SMILES string of the molecule is N=C(/C(=C\N)c1nc2ccc3[nH]ncc3c2c2c1CCCC2)C(F)(F)F. The van der Waals surface area contributed by atoms with Crippen molar-refractivity contribution in [3.63, 3.8) is 0 Å². The quantitative estimate of drug-likeness (QED) is 0.607. The number of halogens is 3. The van der Waals surface area contributed by atoms with Crippen LogP contribution in [-0.2, 0) is 12.8 Å². The van der Waals surface area contributed by atoms with Gasteiger partial charge >= 0.3 is 6.18 Å². The lowest BCUT2D eigenvalue weighted by Gasteiger charge is -2.23. The molecule has 2 aromatic heterocycles. The van der Waals surface area contributed by atoms with E-state index < -0.39 is 11.9 Å². The summed E-state index contributed by atoms with van der Waals surface area (Å²) >= 11 is 0. The van der Waals surface area contributed by atoms with E-state index in [9.17, 15) is 13.2 Å². The maximum atomic E-state index is 13.1. The molecule has 0 spiro atoms. The smallest absolute Gasteiger partial charge is 0.404 e. The molecule has 4 N–H and O–H groups in total. The van der Waals surface area contributed by atoms with Gasteiger partial charge in [0, 0.05) is 22.5 Å². The molecule has 0 amide bonds. The van der Waals surface area contributed by atoms with Gasteiger partial charge in [0.05, 0.1) is 22.9 Å². The number of pyridine rings is 1. The molecule has 0 radical (unpaired) electrons. The summed E-state index contributed by atoms with van der Waals surface area (Å²) in [6.07, 6.45) is 0.968. The van der Waals surface area contributed by atoms with Crippen LogP contribution in [0.1, 0.15) is 29.7 Å². The largest absolute Gasteiger partial charge is 0.433 e. The Kier molecular flexibility index (Phi) is 3.71. The van der Waals surface area contributed by atoms with E-state index in [4.69, 9.17) is 11.1 Å². The Morgan fingerprint density at radius 1 is 1.19 bits per heavy atom. The van der Waals surface area contributed by atoms with E-state index in [-0.39, 0.29) is 11.3 Å². The molecule has 26 heavy (non-hydrogen) atoms. The summed E-state index contributed by atoms with van der Waals surface area (Å²) in [6, 6.07) is 3.57. The number of nitrogens with one attached hydrogen (secondary N) is 2. The van der Waals surface area contributed by atoms with Crippen LogP contribution in [0.4, 0.5) is 13.2 Å². The van der Waals surface area contributed by atoms with Crippen LogP contribution < -0.4 is 5.73 Å². The number of rotatable bonds is 2. The first-order valence-electron chi connectivity index (χ1n) is 8.27. The van der Waals surface area contributed by atoms with Crippen molar-refractivity contribution in [3.8, 4) is 0 Å². The fraction of sp³-hybridized carbons (Fsp3) is 0.278. The Labute approximate surface area is 146 Å². The van der Waals surface area contributed by atoms with Gasteiger partial charge in [-0.2, -0.15) is 18.3 Å². The van der Waals surface area contributed by atoms with Gasteiger partial charge in [-0.1, -0.05) is 0 Å². The monoisotopic (exact) mass is 359 g/mol. The lowest BCUT2D eigenvalue weighted by atomic mass is 9.85. The summed E-state index contributed by atoms with van der Waals surface area (Å²) in [5.41, 5.74) is 7.01. The number of H-pyrrole nitrogens is 1. The third-order valence-corrected chi connectivity index (χ3v) is 4.86. The van der Waals surface area contributed by atoms with Crippen molar-refractivity contribution in [3.05, 3.63) is 41.4 Å². The third-order valence-electron chi connectivity index (χ3n) is 4.86. The molecule has 0 atom stereocenters. The molecule has 3 aromatic rings. The Morgan fingerprint density at radius 2 is 1.92 bits per heavy atom. The summed E-state index contributed by atoms with van der Waals surface area (Å²) < 4.78 is 39.4. The first kappa shape index (κ1) is 16.6. The van der Waals surface area contributed by atoms with Gasteiger partial charge in [0.15, 0.2) is 0 Å². The lowest BCUT2D eigenvalue weighted by molar-refractivity contribution is -0.0578. The highest BCUT2D eigenvalue weighted by Gasteiger charge is 2.38. The van der Waals surface area contributed by atoms with Gasteiger partial charge in [0.1, 0.15) is 5.71 Å². The normalized spacial score (nSPS) is 15.4. The fourth-order valence-electron chi connectivity index (χ4n) is 3.70. The number of aryl methyl sites for hydroxylation is 1. The van der Waals surface area contributed by atoms with Crippen LogP contribution in [0.5, 0.6) is 0 Å². The minimum atomic E-state index is -4.78. The first-order valence-corrected chi connectivity index (χ1v) is 8.27. The number of alkyl halides is 3. The molecule has 0 bridgehead atoms. The van der Waals surface area contributed by atoms with Crippen LogP contribution in [-0.4, -0.2) is 27.1 Å². The zero-order valence-electron chi connectivity index (χ0n) is 13.7. The molecule has 5 nitrogen and oxygen atoms in total. The van der Waals surface area contributed by atoms with Crippen LogP contribution in [0.15, 0.2) is 24.5 Å². The Bertz CT molecular complexity index is 1060. The van der Waals surface area contributed by atoms with Crippen LogP contribution in [0.3, 0.4) is 0 Å². The number of nitrogens with two attached hydrogens (primary N) is 1. The summed E-state index contributed by atoms with van der Waals surface area (Å²) in [5.74, 6) is 0. The average Bonchev–Trinajstić information content (AvgIpc) is 3.10. The minimum Gasteiger partial charge on any atom is -0.404 e. The molecule has 0 saturated heterocycles. The van der Waals surface area contributed by atoms with Crippen molar-refractivity contribution in [2.24, 2.45) is 5.73 Å². The highest BCUT2D eigenvalue weighted by molar-refractivity contribution is 6.25. The zero-order chi connectivity index (χ0) is 18.5. The molecule has 134 valence electrons. The van der Waals surface area contributed by atoms with E-state index >= 15 is 0 Å². The molecule has 1 aliphatic rings. The van der Waals surface area contributed by atoms with Gasteiger partial charge in [-0.3, -0.25) is 10.5 Å². The number of aromatic amines is 1. The summed E-state index contributed by atoms with van der Waals surface area (Å²) in [6.45, 7) is 0. The van der Waals surface area contributed by atoms with Gasteiger partial charge in [-0.25, -0.2) is 4.98 Å². The van der Waals surface area contributed by atoms with Crippen molar-refractivity contribution in [1.29, 1.82) is 5.41 Å². The van der Waals surface area contributed by atoms with Gasteiger partial charge in [0.2, 0.25) is 0 Å². The predicted octanol–water partition coefficient (Wildman–Crippen LogP) is 3.87. The van der Waals surface area contributed by atoms with Crippen LogP contribution >= 0.6 is 0 Å². The van der Waals surface area contributed by atoms with E-state index in [2.05, 4.69) is 15.2 Å². The lowest BCUT2D eigenvalue weighted by Crippen LogP contribution is -2.25. The van der Waals surface area contributed by atoms with E-state index in [0.29, 0.717) is 11.9 Å². The Morgan fingerprint density at radius 3 is 2.62 bits per heavy atom. The van der Waals surface area contributed by atoms with Gasteiger partial charge in [0.25, 0.3) is 0 Å². The second-order valence-corrected chi connectivity index (χ2v) is 6.37. The van der Waals surface area contributed by atoms with Crippen LogP contribution in [0, 0.1) is 5.41 Å². The van der Waals surface area contributed by atoms with Gasteiger partial charge < -0.3 is 5.73 Å². The molecule has 0 unspecified atom stereocenters. The van der Waals surface area contributed by atoms with E-state index in [1.807, 2.05) is 0 Å². The molecule has 4 rings (SSSR count). The maximum Gasteiger partial charge on any atom is 0.433 e. The molecule has 1 aliphatic carbocycles. The molecule has 2 heterocycles. The summed E-state index contributed by atoms with van der Waals surface area (Å²) in [5, 5.41) is 16.3. The number of allylic oxidation sites excluding steroid dienone is 1. The number of hydrogen-bond acceptors (Lipinski definition) is 4. The predicted molar refractivity (Wildman–Crippen MR) is 94.0 cm³/mol. The van der Waals surface area contributed by atoms with Crippen LogP contribution in [0.25, 0.3) is 27.4 Å². The Balaban J connectivity index is 2.05. The topological polar surface area (TPSA) is 91.4 Å².